The minimum absolute atomic E-state index is 0.0714. The van der Waals surface area contributed by atoms with Crippen LogP contribution in [0.3, 0.4) is 0 Å². The van der Waals surface area contributed by atoms with Gasteiger partial charge in [-0.3, -0.25) is 9.78 Å². The summed E-state index contributed by atoms with van der Waals surface area (Å²) in [5, 5.41) is 9.84. The van der Waals surface area contributed by atoms with E-state index in [1.54, 1.807) is 24.4 Å². The van der Waals surface area contributed by atoms with Gasteiger partial charge in [-0.05, 0) is 49.1 Å². The van der Waals surface area contributed by atoms with Crippen LogP contribution >= 0.6 is 0 Å². The average Bonchev–Trinajstić information content (AvgIpc) is 3.62. The number of hydrogen-bond donors (Lipinski definition) is 1. The summed E-state index contributed by atoms with van der Waals surface area (Å²) in [6.07, 6.45) is 12.4. The van der Waals surface area contributed by atoms with E-state index in [9.17, 15) is 9.18 Å². The molecule has 39 heavy (non-hydrogen) atoms. The van der Waals surface area contributed by atoms with E-state index in [4.69, 9.17) is 0 Å². The predicted molar refractivity (Wildman–Crippen MR) is 155 cm³/mol. The lowest BCUT2D eigenvalue weighted by molar-refractivity contribution is 0.0935. The number of halogens is 1. The van der Waals surface area contributed by atoms with Gasteiger partial charge in [0.2, 0.25) is 0 Å². The summed E-state index contributed by atoms with van der Waals surface area (Å²) in [4.78, 5) is 23.5. The van der Waals surface area contributed by atoms with Gasteiger partial charge in [-0.1, -0.05) is 56.3 Å². The summed E-state index contributed by atoms with van der Waals surface area (Å²) in [6.45, 7) is 7.56. The Morgan fingerprint density at radius 1 is 0.949 bits per heavy atom. The van der Waals surface area contributed by atoms with Crippen molar-refractivity contribution in [3.8, 4) is 12.8 Å². The van der Waals surface area contributed by atoms with Crippen LogP contribution in [0.4, 0.5) is 10.2 Å². The van der Waals surface area contributed by atoms with E-state index in [2.05, 4.69) is 38.1 Å². The molecular weight excluding hydrogens is 491 g/mol. The summed E-state index contributed by atoms with van der Waals surface area (Å²) >= 11 is 0. The lowest BCUT2D eigenvalue weighted by atomic mass is 10.1. The zero-order valence-electron chi connectivity index (χ0n) is 22.5. The number of aryl methyl sites for hydroxylation is 1. The summed E-state index contributed by atoms with van der Waals surface area (Å²) in [5.41, 5.74) is 2.29. The summed E-state index contributed by atoms with van der Waals surface area (Å²) in [7, 11) is 0. The molecule has 0 radical (unpaired) electrons. The van der Waals surface area contributed by atoms with Crippen LogP contribution in [0.25, 0.3) is 16.4 Å². The number of nitrogens with one attached hydrogen (secondary N) is 1. The van der Waals surface area contributed by atoms with Gasteiger partial charge in [0.25, 0.3) is 5.91 Å². The maximum absolute atomic E-state index is 12.7. The fourth-order valence-corrected chi connectivity index (χ4v) is 4.11. The molecule has 1 fully saturated rings. The van der Waals surface area contributed by atoms with Crippen LogP contribution in [0.1, 0.15) is 36.5 Å². The molecule has 0 unspecified atom stereocenters. The summed E-state index contributed by atoms with van der Waals surface area (Å²) in [5.74, 6) is 0.586. The smallest absolute Gasteiger partial charge is 0.270 e. The van der Waals surface area contributed by atoms with E-state index in [-0.39, 0.29) is 17.8 Å². The van der Waals surface area contributed by atoms with Crippen LogP contribution in [0.15, 0.2) is 85.2 Å². The number of nitrogens with zero attached hydrogens (tertiary/aromatic N) is 5. The van der Waals surface area contributed by atoms with Crippen LogP contribution in [0, 0.1) is 25.6 Å². The standard InChI is InChI=1S/C21H20N6O.C6H5F.C2H6.C2H2/c1-14-11-23-19-6-7-20(25-27(14)19)26-9-8-17(13-26)24-21(28)18-10-15-4-2-3-5-16(15)12-22-18;7-6-4-2-1-3-5-6;2*1-2/h2-7,10-12,17H,8-9,13H2,1H3,(H,24,28);1-5H;1-2H3;1-2H/t17-;;;/m0.../s1. The molecule has 4 heterocycles. The normalized spacial score (nSPS) is 13.8. The van der Waals surface area contributed by atoms with Gasteiger partial charge in [0, 0.05) is 30.7 Å². The number of aromatic nitrogens is 4. The molecule has 0 spiro atoms. The fraction of sp³-hybridized carbons (Fsp3) is 0.226. The highest BCUT2D eigenvalue weighted by Crippen LogP contribution is 2.20. The highest BCUT2D eigenvalue weighted by Gasteiger charge is 2.26. The SMILES string of the molecule is C#C.CC.Cc1cnc2ccc(N3CC[C@H](NC(=O)c4cc5ccccc5cn4)C3)nn12.Fc1ccccc1. The topological polar surface area (TPSA) is 75.4 Å². The largest absolute Gasteiger partial charge is 0.353 e. The molecule has 200 valence electrons. The van der Waals surface area contributed by atoms with Crippen LogP contribution < -0.4 is 10.2 Å². The number of hydrogen-bond acceptors (Lipinski definition) is 5. The molecule has 1 aliphatic rings. The highest BCUT2D eigenvalue weighted by molar-refractivity contribution is 5.96. The van der Waals surface area contributed by atoms with E-state index in [0.29, 0.717) is 5.69 Å². The first kappa shape index (κ1) is 28.8. The van der Waals surface area contributed by atoms with Crippen LogP contribution in [0.5, 0.6) is 0 Å². The summed E-state index contributed by atoms with van der Waals surface area (Å²) < 4.78 is 13.8. The van der Waals surface area contributed by atoms with Gasteiger partial charge in [0.15, 0.2) is 5.65 Å². The number of carbonyl (C=O) groups excluding carboxylic acids is 1. The molecule has 2 aromatic carbocycles. The second kappa shape index (κ2) is 14.2. The molecule has 1 saturated heterocycles. The molecule has 7 nitrogen and oxygen atoms in total. The lowest BCUT2D eigenvalue weighted by Gasteiger charge is -2.18. The number of imidazole rings is 1. The number of terminal acetylenes is 1. The van der Waals surface area contributed by atoms with Gasteiger partial charge >= 0.3 is 0 Å². The van der Waals surface area contributed by atoms with Crippen LogP contribution in [0.2, 0.25) is 0 Å². The van der Waals surface area contributed by atoms with Crippen molar-refractivity contribution >= 4 is 28.1 Å². The first-order valence-electron chi connectivity index (χ1n) is 12.8. The van der Waals surface area contributed by atoms with Crippen molar-refractivity contribution in [2.45, 2.75) is 33.2 Å². The number of fused-ring (bicyclic) bond motifs is 2. The van der Waals surface area contributed by atoms with E-state index >= 15 is 0 Å². The number of amides is 1. The van der Waals surface area contributed by atoms with Gasteiger partial charge in [-0.2, -0.15) is 0 Å². The van der Waals surface area contributed by atoms with Crippen LogP contribution in [-0.4, -0.2) is 44.6 Å². The molecule has 1 amide bonds. The Hall–Kier alpha value is -4.77. The molecule has 8 heteroatoms. The quantitative estimate of drug-likeness (QED) is 0.307. The maximum atomic E-state index is 12.7. The first-order valence-corrected chi connectivity index (χ1v) is 12.8. The number of carbonyl (C=O) groups is 1. The van der Waals surface area contributed by atoms with E-state index in [1.807, 2.05) is 73.9 Å². The third-order valence-electron chi connectivity index (χ3n) is 5.96. The van der Waals surface area contributed by atoms with Gasteiger partial charge < -0.3 is 10.2 Å². The zero-order chi connectivity index (χ0) is 28.2. The van der Waals surface area contributed by atoms with Gasteiger partial charge in [-0.15, -0.1) is 17.9 Å². The Morgan fingerprint density at radius 3 is 2.33 bits per heavy atom. The molecule has 5 aromatic rings. The average molecular weight is 525 g/mol. The minimum atomic E-state index is -0.178. The Labute approximate surface area is 228 Å². The van der Waals surface area contributed by atoms with Gasteiger partial charge in [-0.25, -0.2) is 13.9 Å². The van der Waals surface area contributed by atoms with Crippen LogP contribution in [-0.2, 0) is 0 Å². The third kappa shape index (κ3) is 7.39. The van der Waals surface area contributed by atoms with E-state index < -0.39 is 0 Å². The molecule has 0 aliphatic carbocycles. The Balaban J connectivity index is 0.000000326. The second-order valence-electron chi connectivity index (χ2n) is 8.48. The molecule has 6 rings (SSSR count). The van der Waals surface area contributed by atoms with E-state index in [1.165, 1.54) is 12.1 Å². The van der Waals surface area contributed by atoms with Crippen molar-refractivity contribution in [1.29, 1.82) is 0 Å². The Kier molecular flexibility index (Phi) is 10.5. The first-order chi connectivity index (χ1) is 19.1. The van der Waals surface area contributed by atoms with Crippen molar-refractivity contribution in [1.82, 2.24) is 24.9 Å². The number of rotatable bonds is 3. The van der Waals surface area contributed by atoms with Crippen molar-refractivity contribution in [3.63, 3.8) is 0 Å². The molecule has 1 atom stereocenters. The summed E-state index contributed by atoms with van der Waals surface area (Å²) in [6, 6.07) is 21.7. The highest BCUT2D eigenvalue weighted by atomic mass is 19.1. The van der Waals surface area contributed by atoms with Crippen molar-refractivity contribution < 1.29 is 9.18 Å². The lowest BCUT2D eigenvalue weighted by Crippen LogP contribution is -2.37. The Bertz CT molecular complexity index is 1520. The molecule has 1 N–H and O–H groups in total. The fourth-order valence-electron chi connectivity index (χ4n) is 4.11. The molecule has 1 aliphatic heterocycles. The zero-order valence-corrected chi connectivity index (χ0v) is 22.5. The van der Waals surface area contributed by atoms with E-state index in [0.717, 1.165) is 47.4 Å². The molecule has 3 aromatic heterocycles. The Morgan fingerprint density at radius 2 is 1.64 bits per heavy atom. The second-order valence-corrected chi connectivity index (χ2v) is 8.48. The van der Waals surface area contributed by atoms with Gasteiger partial charge in [0.05, 0.1) is 11.9 Å². The van der Waals surface area contributed by atoms with Gasteiger partial charge in [0.1, 0.15) is 17.3 Å². The maximum Gasteiger partial charge on any atom is 0.270 e. The van der Waals surface area contributed by atoms with Crippen molar-refractivity contribution in [3.05, 3.63) is 102 Å². The number of benzene rings is 2. The number of anilines is 1. The molecule has 0 saturated carbocycles. The number of pyridine rings is 1. The third-order valence-corrected chi connectivity index (χ3v) is 5.96. The monoisotopic (exact) mass is 524 g/mol. The molecule has 0 bridgehead atoms. The minimum Gasteiger partial charge on any atom is -0.353 e. The van der Waals surface area contributed by atoms with Crippen molar-refractivity contribution in [2.75, 3.05) is 18.0 Å². The molecular formula is C31H33FN6O. The van der Waals surface area contributed by atoms with Crippen molar-refractivity contribution in [2.24, 2.45) is 0 Å². The predicted octanol–water partition coefficient (Wildman–Crippen LogP) is 5.70.